The van der Waals surface area contributed by atoms with Gasteiger partial charge in [-0.2, -0.15) is 0 Å². The number of aromatic nitrogens is 1. The highest BCUT2D eigenvalue weighted by Crippen LogP contribution is 2.20. The van der Waals surface area contributed by atoms with Crippen LogP contribution in [-0.4, -0.2) is 4.98 Å². The molecule has 0 aliphatic carbocycles. The van der Waals surface area contributed by atoms with Crippen molar-refractivity contribution in [3.8, 4) is 5.75 Å². The van der Waals surface area contributed by atoms with Gasteiger partial charge in [-0.15, -0.1) is 0 Å². The zero-order valence-electron chi connectivity index (χ0n) is 11.4. The summed E-state index contributed by atoms with van der Waals surface area (Å²) in [5.41, 5.74) is 1.98. The molecule has 1 heterocycles. The summed E-state index contributed by atoms with van der Waals surface area (Å²) in [5, 5.41) is 0.983. The largest absolute Gasteiger partial charge is 0.487 e. The van der Waals surface area contributed by atoms with Crippen LogP contribution >= 0.6 is 23.2 Å². The van der Waals surface area contributed by atoms with Crippen LogP contribution in [0.4, 0.5) is 0 Å². The molecule has 0 saturated heterocycles. The lowest BCUT2D eigenvalue weighted by Crippen LogP contribution is -1.99. The van der Waals surface area contributed by atoms with Crippen LogP contribution in [0.25, 0.3) is 0 Å². The number of pyridine rings is 1. The van der Waals surface area contributed by atoms with Crippen molar-refractivity contribution in [2.24, 2.45) is 0 Å². The van der Waals surface area contributed by atoms with E-state index in [1.807, 2.05) is 12.1 Å². The Bertz CT molecular complexity index is 555. The highest BCUT2D eigenvalue weighted by molar-refractivity contribution is 6.32. The lowest BCUT2D eigenvalue weighted by molar-refractivity contribution is 0.301. The van der Waals surface area contributed by atoms with E-state index in [0.717, 1.165) is 12.2 Å². The molecule has 1 aromatic heterocycles. The van der Waals surface area contributed by atoms with E-state index < -0.39 is 0 Å². The fraction of sp³-hybridized carbons (Fsp3) is 0.312. The molecule has 0 unspecified atom stereocenters. The smallest absolute Gasteiger partial charge is 0.132 e. The van der Waals surface area contributed by atoms with Crippen molar-refractivity contribution < 1.29 is 4.74 Å². The number of rotatable bonds is 6. The summed E-state index contributed by atoms with van der Waals surface area (Å²) < 4.78 is 5.68. The van der Waals surface area contributed by atoms with Crippen LogP contribution in [-0.2, 0) is 13.0 Å². The van der Waals surface area contributed by atoms with Gasteiger partial charge in [0.2, 0.25) is 0 Å². The zero-order valence-corrected chi connectivity index (χ0v) is 12.9. The van der Waals surface area contributed by atoms with Crippen LogP contribution in [0.3, 0.4) is 0 Å². The molecule has 0 amide bonds. The van der Waals surface area contributed by atoms with Crippen LogP contribution < -0.4 is 4.74 Å². The summed E-state index contributed by atoms with van der Waals surface area (Å²) in [5.74, 6) is 0.808. The monoisotopic (exact) mass is 309 g/mol. The molecule has 20 heavy (non-hydrogen) atoms. The van der Waals surface area contributed by atoms with Crippen LogP contribution in [0.5, 0.6) is 5.75 Å². The molecule has 106 valence electrons. The molecule has 0 bridgehead atoms. The summed E-state index contributed by atoms with van der Waals surface area (Å²) in [4.78, 5) is 4.15. The second-order valence-corrected chi connectivity index (χ2v) is 5.39. The minimum absolute atomic E-state index is 0.313. The maximum absolute atomic E-state index is 6.04. The Labute approximate surface area is 129 Å². The van der Waals surface area contributed by atoms with E-state index in [-0.39, 0.29) is 0 Å². The Morgan fingerprint density at radius 3 is 2.50 bits per heavy atom. The quantitative estimate of drug-likeness (QED) is 0.675. The normalized spacial score (nSPS) is 10.6. The average Bonchev–Trinajstić information content (AvgIpc) is 2.47. The van der Waals surface area contributed by atoms with Crippen molar-refractivity contribution in [3.63, 3.8) is 0 Å². The summed E-state index contributed by atoms with van der Waals surface area (Å²) in [6.45, 7) is 2.51. The lowest BCUT2D eigenvalue weighted by Gasteiger charge is -2.08. The van der Waals surface area contributed by atoms with Crippen LogP contribution in [0.1, 0.15) is 31.0 Å². The zero-order chi connectivity index (χ0) is 14.4. The van der Waals surface area contributed by atoms with E-state index in [1.165, 1.54) is 18.4 Å². The lowest BCUT2D eigenvalue weighted by atomic mass is 10.1. The summed E-state index contributed by atoms with van der Waals surface area (Å²) in [6, 6.07) is 11.5. The molecule has 1 aromatic carbocycles. The predicted octanol–water partition coefficient (Wildman–Crippen LogP) is 5.31. The minimum atomic E-state index is 0.313. The van der Waals surface area contributed by atoms with Gasteiger partial charge in [-0.1, -0.05) is 48.7 Å². The second-order valence-electron chi connectivity index (χ2n) is 4.60. The minimum Gasteiger partial charge on any atom is -0.487 e. The van der Waals surface area contributed by atoms with Crippen molar-refractivity contribution in [1.82, 2.24) is 4.98 Å². The molecule has 0 saturated carbocycles. The number of aryl methyl sites for hydroxylation is 1. The first kappa shape index (κ1) is 15.1. The van der Waals surface area contributed by atoms with Crippen molar-refractivity contribution in [2.45, 2.75) is 32.8 Å². The van der Waals surface area contributed by atoms with Crippen molar-refractivity contribution in [1.29, 1.82) is 0 Å². The van der Waals surface area contributed by atoms with E-state index in [9.17, 15) is 0 Å². The fourth-order valence-electron chi connectivity index (χ4n) is 1.84. The third-order valence-electron chi connectivity index (χ3n) is 3.00. The SMILES string of the molecule is CCCCc1ccc(OCc2nc(Cl)ccc2Cl)cc1. The number of ether oxygens (including phenoxy) is 1. The van der Waals surface area contributed by atoms with Crippen molar-refractivity contribution in [2.75, 3.05) is 0 Å². The highest BCUT2D eigenvalue weighted by atomic mass is 35.5. The third-order valence-corrected chi connectivity index (χ3v) is 3.56. The van der Waals surface area contributed by atoms with Gasteiger partial charge in [0.1, 0.15) is 17.5 Å². The van der Waals surface area contributed by atoms with Crippen LogP contribution in [0.2, 0.25) is 10.2 Å². The third kappa shape index (κ3) is 4.39. The molecule has 2 aromatic rings. The molecule has 2 nitrogen and oxygen atoms in total. The maximum Gasteiger partial charge on any atom is 0.132 e. The number of unbranched alkanes of at least 4 members (excludes halogenated alkanes) is 1. The van der Waals surface area contributed by atoms with Gasteiger partial charge in [-0.05, 0) is 42.7 Å². The van der Waals surface area contributed by atoms with Gasteiger partial charge < -0.3 is 4.74 Å². The summed E-state index contributed by atoms with van der Waals surface area (Å²) >= 11 is 11.9. The summed E-state index contributed by atoms with van der Waals surface area (Å²) in [6.07, 6.45) is 3.53. The topological polar surface area (TPSA) is 22.1 Å². The molecule has 0 aliphatic rings. The van der Waals surface area contributed by atoms with E-state index in [2.05, 4.69) is 24.0 Å². The van der Waals surface area contributed by atoms with Crippen molar-refractivity contribution >= 4 is 23.2 Å². The van der Waals surface area contributed by atoms with Gasteiger partial charge in [0, 0.05) is 0 Å². The number of halogens is 2. The molecule has 2 rings (SSSR count). The maximum atomic E-state index is 6.04. The molecule has 4 heteroatoms. The second kappa shape index (κ2) is 7.51. The Hall–Kier alpha value is -1.25. The first-order valence-electron chi connectivity index (χ1n) is 6.71. The van der Waals surface area contributed by atoms with Gasteiger partial charge in [-0.3, -0.25) is 0 Å². The van der Waals surface area contributed by atoms with Gasteiger partial charge in [0.05, 0.1) is 10.7 Å². The molecule has 0 N–H and O–H groups in total. The number of benzene rings is 1. The van der Waals surface area contributed by atoms with Gasteiger partial charge in [-0.25, -0.2) is 4.98 Å². The van der Waals surface area contributed by atoms with Gasteiger partial charge >= 0.3 is 0 Å². The fourth-order valence-corrected chi connectivity index (χ4v) is 2.17. The predicted molar refractivity (Wildman–Crippen MR) is 83.6 cm³/mol. The molecule has 0 atom stereocenters. The first-order valence-corrected chi connectivity index (χ1v) is 7.47. The van der Waals surface area contributed by atoms with Crippen molar-refractivity contribution in [3.05, 3.63) is 57.8 Å². The van der Waals surface area contributed by atoms with E-state index in [4.69, 9.17) is 27.9 Å². The Morgan fingerprint density at radius 2 is 1.80 bits per heavy atom. The number of hydrogen-bond donors (Lipinski definition) is 0. The van der Waals surface area contributed by atoms with Gasteiger partial charge in [0.15, 0.2) is 0 Å². The summed E-state index contributed by atoms with van der Waals surface area (Å²) in [7, 11) is 0. The van der Waals surface area contributed by atoms with E-state index in [1.54, 1.807) is 12.1 Å². The molecule has 0 radical (unpaired) electrons. The first-order chi connectivity index (χ1) is 9.69. The Balaban J connectivity index is 1.95. The van der Waals surface area contributed by atoms with E-state index >= 15 is 0 Å². The van der Waals surface area contributed by atoms with E-state index in [0.29, 0.717) is 22.5 Å². The molecule has 0 aliphatic heterocycles. The van der Waals surface area contributed by atoms with Crippen LogP contribution in [0.15, 0.2) is 36.4 Å². The molecule has 0 spiro atoms. The number of hydrogen-bond acceptors (Lipinski definition) is 2. The van der Waals surface area contributed by atoms with Crippen LogP contribution in [0, 0.1) is 0 Å². The molecular weight excluding hydrogens is 293 g/mol. The van der Waals surface area contributed by atoms with Gasteiger partial charge in [0.25, 0.3) is 0 Å². The standard InChI is InChI=1S/C16H17Cl2NO/c1-2-3-4-12-5-7-13(8-6-12)20-11-15-14(17)9-10-16(18)19-15/h5-10H,2-4,11H2,1H3. The average molecular weight is 310 g/mol. The molecule has 0 fully saturated rings. The number of nitrogens with zero attached hydrogens (tertiary/aromatic N) is 1. The molecular formula is C16H17Cl2NO. The highest BCUT2D eigenvalue weighted by Gasteiger charge is 2.04. The Kier molecular flexibility index (Phi) is 5.69. The Morgan fingerprint density at radius 1 is 1.05 bits per heavy atom.